The molecule has 0 bridgehead atoms. The first kappa shape index (κ1) is 26.7. The lowest BCUT2D eigenvalue weighted by molar-refractivity contribution is -0.162. The smallest absolute Gasteiger partial charge is 0.228 e. The SMILES string of the molecule is CCOc1ccc(CCC[C@@H](C(=O)N2CCc3cc(OC)c(OC)cc3C2)[C@H](O)CONO)cc1. The summed E-state index contributed by atoms with van der Waals surface area (Å²) in [5.74, 6) is 1.32. The molecular formula is C26H36N2O7. The number of nitrogens with zero attached hydrogens (tertiary/aromatic N) is 1. The van der Waals surface area contributed by atoms with Gasteiger partial charge >= 0.3 is 0 Å². The highest BCUT2D eigenvalue weighted by atomic mass is 16.8. The van der Waals surface area contributed by atoms with E-state index in [4.69, 9.17) is 24.3 Å². The zero-order valence-corrected chi connectivity index (χ0v) is 20.7. The molecule has 0 spiro atoms. The average Bonchev–Trinajstić information content (AvgIpc) is 2.89. The number of fused-ring (bicyclic) bond motifs is 1. The van der Waals surface area contributed by atoms with Crippen molar-refractivity contribution < 1.29 is 34.2 Å². The van der Waals surface area contributed by atoms with E-state index in [9.17, 15) is 9.90 Å². The minimum Gasteiger partial charge on any atom is -0.494 e. The summed E-state index contributed by atoms with van der Waals surface area (Å²) in [6.45, 7) is 3.33. The molecule has 9 nitrogen and oxygen atoms in total. The maximum absolute atomic E-state index is 13.5. The molecule has 1 heterocycles. The van der Waals surface area contributed by atoms with Crippen LogP contribution in [0.2, 0.25) is 0 Å². The van der Waals surface area contributed by atoms with Crippen molar-refractivity contribution in [3.63, 3.8) is 0 Å². The van der Waals surface area contributed by atoms with Crippen LogP contribution in [-0.2, 0) is 29.0 Å². The molecule has 9 heteroatoms. The van der Waals surface area contributed by atoms with Gasteiger partial charge < -0.3 is 24.2 Å². The average molecular weight is 489 g/mol. The van der Waals surface area contributed by atoms with Crippen molar-refractivity contribution in [3.8, 4) is 17.2 Å². The highest BCUT2D eigenvalue weighted by molar-refractivity contribution is 5.80. The van der Waals surface area contributed by atoms with Crippen molar-refractivity contribution in [2.45, 2.75) is 45.3 Å². The van der Waals surface area contributed by atoms with E-state index in [0.29, 0.717) is 50.5 Å². The molecule has 3 N–H and O–H groups in total. The highest BCUT2D eigenvalue weighted by Crippen LogP contribution is 2.34. The summed E-state index contributed by atoms with van der Waals surface area (Å²) in [4.78, 5) is 20.0. The quantitative estimate of drug-likeness (QED) is 0.369. The Morgan fingerprint density at radius 2 is 1.80 bits per heavy atom. The molecular weight excluding hydrogens is 452 g/mol. The Hall–Kier alpha value is -2.85. The van der Waals surface area contributed by atoms with E-state index in [2.05, 4.69) is 0 Å². The van der Waals surface area contributed by atoms with Crippen LogP contribution >= 0.6 is 0 Å². The summed E-state index contributed by atoms with van der Waals surface area (Å²) in [5, 5.41) is 19.5. The van der Waals surface area contributed by atoms with E-state index in [-0.39, 0.29) is 12.5 Å². The second-order valence-corrected chi connectivity index (χ2v) is 8.53. The highest BCUT2D eigenvalue weighted by Gasteiger charge is 2.32. The van der Waals surface area contributed by atoms with E-state index in [1.54, 1.807) is 24.8 Å². The normalized spacial score (nSPS) is 14.7. The molecule has 1 aliphatic rings. The fourth-order valence-electron chi connectivity index (χ4n) is 4.47. The fraction of sp³-hybridized carbons (Fsp3) is 0.500. The Labute approximate surface area is 206 Å². The van der Waals surface area contributed by atoms with Gasteiger partial charge in [-0.3, -0.25) is 14.8 Å². The first-order chi connectivity index (χ1) is 17.0. The third-order valence-corrected chi connectivity index (χ3v) is 6.34. The zero-order valence-electron chi connectivity index (χ0n) is 20.7. The number of aliphatic hydroxyl groups is 1. The molecule has 2 aromatic carbocycles. The Kier molecular flexibility index (Phi) is 10.2. The van der Waals surface area contributed by atoms with Gasteiger partial charge in [-0.25, -0.2) is 0 Å². The minimum absolute atomic E-state index is 0.133. The molecule has 0 fully saturated rings. The largest absolute Gasteiger partial charge is 0.494 e. The molecule has 192 valence electrons. The number of hydrogen-bond acceptors (Lipinski definition) is 8. The lowest BCUT2D eigenvalue weighted by atomic mass is 9.91. The molecule has 0 saturated heterocycles. The van der Waals surface area contributed by atoms with Crippen molar-refractivity contribution in [2.75, 3.05) is 34.0 Å². The van der Waals surface area contributed by atoms with Crippen LogP contribution in [0.15, 0.2) is 36.4 Å². The zero-order chi connectivity index (χ0) is 25.2. The van der Waals surface area contributed by atoms with Gasteiger partial charge in [-0.1, -0.05) is 17.8 Å². The number of aryl methyl sites for hydroxylation is 1. The summed E-state index contributed by atoms with van der Waals surface area (Å²) >= 11 is 0. The Morgan fingerprint density at radius 3 is 2.43 bits per heavy atom. The van der Waals surface area contributed by atoms with Gasteiger partial charge in [-0.05, 0) is 73.6 Å². The summed E-state index contributed by atoms with van der Waals surface area (Å²) in [7, 11) is 3.19. The van der Waals surface area contributed by atoms with Crippen LogP contribution in [0.5, 0.6) is 17.2 Å². The van der Waals surface area contributed by atoms with Gasteiger partial charge in [0.1, 0.15) is 5.75 Å². The first-order valence-electron chi connectivity index (χ1n) is 11.9. The number of methoxy groups -OCH3 is 2. The Morgan fingerprint density at radius 1 is 1.11 bits per heavy atom. The van der Waals surface area contributed by atoms with Crippen LogP contribution in [0, 0.1) is 5.92 Å². The van der Waals surface area contributed by atoms with Crippen molar-refractivity contribution >= 4 is 5.91 Å². The van der Waals surface area contributed by atoms with Crippen LogP contribution < -0.4 is 19.9 Å². The van der Waals surface area contributed by atoms with Gasteiger partial charge in [0.15, 0.2) is 11.5 Å². The summed E-state index contributed by atoms with van der Waals surface area (Å²) < 4.78 is 16.3. The lowest BCUT2D eigenvalue weighted by Gasteiger charge is -2.33. The van der Waals surface area contributed by atoms with Crippen LogP contribution in [0.4, 0.5) is 0 Å². The standard InChI is InChI=1S/C26H36N2O7/c1-4-34-21-10-8-18(9-11-21)6-5-7-22(23(29)17-35-27-31)26(30)28-13-12-19-14-24(32-2)25(33-3)15-20(19)16-28/h8-11,14-15,22-23,27,29,31H,4-7,12-13,16-17H2,1-3H3/t22-,23-/m1/s1. The topological polar surface area (TPSA) is 110 Å². The predicted molar refractivity (Wildman–Crippen MR) is 130 cm³/mol. The third-order valence-electron chi connectivity index (χ3n) is 6.34. The van der Waals surface area contributed by atoms with Crippen LogP contribution in [0.1, 0.15) is 36.5 Å². The molecule has 0 saturated carbocycles. The molecule has 0 unspecified atom stereocenters. The maximum atomic E-state index is 13.5. The number of amides is 1. The number of carbonyl (C=O) groups excluding carboxylic acids is 1. The molecule has 1 aliphatic heterocycles. The Bertz CT molecular complexity index is 951. The lowest BCUT2D eigenvalue weighted by Crippen LogP contribution is -2.45. The number of rotatable bonds is 13. The molecule has 0 aromatic heterocycles. The first-order valence-corrected chi connectivity index (χ1v) is 11.9. The number of aliphatic hydroxyl groups excluding tert-OH is 1. The van der Waals surface area contributed by atoms with Crippen molar-refractivity contribution in [1.29, 1.82) is 0 Å². The van der Waals surface area contributed by atoms with E-state index in [1.807, 2.05) is 43.3 Å². The van der Waals surface area contributed by atoms with Gasteiger partial charge in [-0.15, -0.1) is 0 Å². The predicted octanol–water partition coefficient (Wildman–Crippen LogP) is 2.90. The molecule has 0 aliphatic carbocycles. The number of benzene rings is 2. The Balaban J connectivity index is 1.67. The second kappa shape index (κ2) is 13.3. The summed E-state index contributed by atoms with van der Waals surface area (Å²) in [6, 6.07) is 11.8. The minimum atomic E-state index is -1.06. The summed E-state index contributed by atoms with van der Waals surface area (Å²) in [5.41, 5.74) is 4.83. The third kappa shape index (κ3) is 7.08. The van der Waals surface area contributed by atoms with Crippen LogP contribution in [-0.4, -0.2) is 61.2 Å². The molecule has 1 amide bonds. The maximum Gasteiger partial charge on any atom is 0.228 e. The van der Waals surface area contributed by atoms with Gasteiger partial charge in [0, 0.05) is 13.1 Å². The van der Waals surface area contributed by atoms with Crippen molar-refractivity contribution in [3.05, 3.63) is 53.1 Å². The van der Waals surface area contributed by atoms with Gasteiger partial charge in [0.05, 0.1) is 39.5 Å². The van der Waals surface area contributed by atoms with Gasteiger partial charge in [0.25, 0.3) is 0 Å². The molecule has 2 atom stereocenters. The molecule has 0 radical (unpaired) electrons. The summed E-state index contributed by atoms with van der Waals surface area (Å²) in [6.07, 6.45) is 1.59. The van der Waals surface area contributed by atoms with Crippen molar-refractivity contribution in [1.82, 2.24) is 10.5 Å². The molecule has 2 aromatic rings. The van der Waals surface area contributed by atoms with E-state index >= 15 is 0 Å². The monoisotopic (exact) mass is 488 g/mol. The number of ether oxygens (including phenoxy) is 3. The van der Waals surface area contributed by atoms with Gasteiger partial charge in [-0.2, -0.15) is 0 Å². The van der Waals surface area contributed by atoms with E-state index in [1.165, 1.54) is 0 Å². The number of hydrogen-bond donors (Lipinski definition) is 3. The van der Waals surface area contributed by atoms with Crippen molar-refractivity contribution in [2.24, 2.45) is 5.92 Å². The fourth-order valence-corrected chi connectivity index (χ4v) is 4.47. The molecule has 3 rings (SSSR count). The van der Waals surface area contributed by atoms with E-state index < -0.39 is 12.0 Å². The van der Waals surface area contributed by atoms with Gasteiger partial charge in [0.2, 0.25) is 5.91 Å². The van der Waals surface area contributed by atoms with Crippen LogP contribution in [0.25, 0.3) is 0 Å². The number of carbonyl (C=O) groups is 1. The molecule has 35 heavy (non-hydrogen) atoms. The second-order valence-electron chi connectivity index (χ2n) is 8.53. The number of nitrogens with one attached hydrogen (secondary N) is 1. The van der Waals surface area contributed by atoms with E-state index in [0.717, 1.165) is 28.9 Å². The van der Waals surface area contributed by atoms with Crippen LogP contribution in [0.3, 0.4) is 0 Å².